The smallest absolute Gasteiger partial charge is 0.238 e. The zero-order valence-electron chi connectivity index (χ0n) is 17.2. The molecule has 0 bridgehead atoms. The molecule has 1 saturated heterocycles. The van der Waals surface area contributed by atoms with Gasteiger partial charge < -0.3 is 5.32 Å². The minimum Gasteiger partial charge on any atom is -0.326 e. The molecule has 4 nitrogen and oxygen atoms in total. The van der Waals surface area contributed by atoms with Crippen molar-refractivity contribution in [3.05, 3.63) is 59.2 Å². The first kappa shape index (κ1) is 19.7. The maximum atomic E-state index is 12.7. The van der Waals surface area contributed by atoms with Crippen LogP contribution in [0.1, 0.15) is 60.6 Å². The van der Waals surface area contributed by atoms with E-state index in [1.54, 1.807) is 11.8 Å². The van der Waals surface area contributed by atoms with Gasteiger partial charge in [-0.15, -0.1) is 11.8 Å². The lowest BCUT2D eigenvalue weighted by Gasteiger charge is -2.25. The van der Waals surface area contributed by atoms with Crippen molar-refractivity contribution in [1.29, 1.82) is 0 Å². The summed E-state index contributed by atoms with van der Waals surface area (Å²) < 4.78 is 0. The summed E-state index contributed by atoms with van der Waals surface area (Å²) in [5.41, 5.74) is 5.75. The Morgan fingerprint density at radius 2 is 1.70 bits per heavy atom. The number of carbonyl (C=O) groups excluding carboxylic acids is 2. The lowest BCUT2D eigenvalue weighted by molar-refractivity contribution is -0.120. The fourth-order valence-corrected chi connectivity index (χ4v) is 6.18. The molecule has 2 aromatic carbocycles. The molecule has 156 valence electrons. The maximum Gasteiger partial charge on any atom is 0.238 e. The predicted octanol–water partition coefficient (Wildman–Crippen LogP) is 5.47. The van der Waals surface area contributed by atoms with Crippen LogP contribution >= 0.6 is 11.8 Å². The summed E-state index contributed by atoms with van der Waals surface area (Å²) in [6.07, 6.45) is 9.02. The van der Waals surface area contributed by atoms with Crippen LogP contribution in [0.2, 0.25) is 0 Å². The number of aryl methyl sites for hydroxylation is 2. The highest BCUT2D eigenvalue weighted by Gasteiger charge is 2.34. The van der Waals surface area contributed by atoms with Crippen molar-refractivity contribution in [2.24, 2.45) is 5.92 Å². The molecule has 1 saturated carbocycles. The fraction of sp³-hybridized carbons (Fsp3) is 0.440. The quantitative estimate of drug-likeness (QED) is 0.713. The average molecular weight is 421 g/mol. The SMILES string of the molecule is O=C(Nc1ccc(C2SCC(=O)N2c2ccc3c(c2)CCC3)cc1)C1CCCCC1. The summed E-state index contributed by atoms with van der Waals surface area (Å²) in [6.45, 7) is 0. The van der Waals surface area contributed by atoms with Gasteiger partial charge in [-0.3, -0.25) is 14.5 Å². The number of fused-ring (bicyclic) bond motifs is 1. The molecule has 1 heterocycles. The Hall–Kier alpha value is -2.27. The first-order valence-electron chi connectivity index (χ1n) is 11.2. The summed E-state index contributed by atoms with van der Waals surface area (Å²) >= 11 is 1.67. The number of rotatable bonds is 4. The minimum atomic E-state index is -0.0138. The Balaban J connectivity index is 1.32. The topological polar surface area (TPSA) is 49.4 Å². The number of anilines is 2. The number of hydrogen-bond acceptors (Lipinski definition) is 3. The van der Waals surface area contributed by atoms with Gasteiger partial charge in [0.05, 0.1) is 5.75 Å². The molecule has 0 radical (unpaired) electrons. The molecule has 1 N–H and O–H groups in total. The zero-order valence-corrected chi connectivity index (χ0v) is 18.0. The number of nitrogens with one attached hydrogen (secondary N) is 1. The van der Waals surface area contributed by atoms with Crippen molar-refractivity contribution < 1.29 is 9.59 Å². The van der Waals surface area contributed by atoms with Crippen molar-refractivity contribution in [2.75, 3.05) is 16.0 Å². The van der Waals surface area contributed by atoms with Crippen molar-refractivity contribution in [3.63, 3.8) is 0 Å². The second kappa shape index (κ2) is 8.46. The molecule has 5 rings (SSSR count). The Bertz CT molecular complexity index is 950. The van der Waals surface area contributed by atoms with Crippen molar-refractivity contribution in [2.45, 2.75) is 56.7 Å². The molecule has 2 fully saturated rings. The third-order valence-electron chi connectivity index (χ3n) is 6.67. The van der Waals surface area contributed by atoms with E-state index in [0.717, 1.165) is 55.5 Å². The van der Waals surface area contributed by atoms with Gasteiger partial charge in [0, 0.05) is 17.3 Å². The van der Waals surface area contributed by atoms with E-state index in [9.17, 15) is 9.59 Å². The van der Waals surface area contributed by atoms with Crippen LogP contribution in [0, 0.1) is 5.92 Å². The zero-order chi connectivity index (χ0) is 20.5. The fourth-order valence-electron chi connectivity index (χ4n) is 5.00. The molecule has 2 aliphatic carbocycles. The van der Waals surface area contributed by atoms with Crippen LogP contribution < -0.4 is 10.2 Å². The van der Waals surface area contributed by atoms with Gasteiger partial charge >= 0.3 is 0 Å². The summed E-state index contributed by atoms with van der Waals surface area (Å²) in [5.74, 6) is 0.962. The molecule has 1 atom stereocenters. The van der Waals surface area contributed by atoms with E-state index >= 15 is 0 Å². The molecule has 0 aromatic heterocycles. The van der Waals surface area contributed by atoms with E-state index in [4.69, 9.17) is 0 Å². The van der Waals surface area contributed by atoms with Crippen LogP contribution in [-0.2, 0) is 22.4 Å². The molecule has 1 unspecified atom stereocenters. The van der Waals surface area contributed by atoms with Crippen LogP contribution in [0.25, 0.3) is 0 Å². The first-order valence-corrected chi connectivity index (χ1v) is 12.2. The van der Waals surface area contributed by atoms with Crippen LogP contribution in [0.15, 0.2) is 42.5 Å². The van der Waals surface area contributed by atoms with Crippen LogP contribution in [0.4, 0.5) is 11.4 Å². The molecule has 1 aliphatic heterocycles. The lowest BCUT2D eigenvalue weighted by Crippen LogP contribution is -2.28. The number of carbonyl (C=O) groups is 2. The van der Waals surface area contributed by atoms with Gasteiger partial charge in [0.2, 0.25) is 11.8 Å². The summed E-state index contributed by atoms with van der Waals surface area (Å²) in [7, 11) is 0. The van der Waals surface area contributed by atoms with Gasteiger partial charge in [0.1, 0.15) is 5.37 Å². The standard InChI is InChI=1S/C25H28N2O2S/c28-23-16-30-25(27(23)22-14-11-17-7-4-8-20(17)15-22)19-9-12-21(13-10-19)26-24(29)18-5-2-1-3-6-18/h9-15,18,25H,1-8,16H2,(H,26,29). The van der Waals surface area contributed by atoms with Crippen LogP contribution in [0.5, 0.6) is 0 Å². The Kier molecular flexibility index (Phi) is 5.55. The van der Waals surface area contributed by atoms with Gasteiger partial charge in [0.25, 0.3) is 0 Å². The van der Waals surface area contributed by atoms with Gasteiger partial charge in [-0.05, 0) is 73.1 Å². The second-order valence-corrected chi connectivity index (χ2v) is 9.75. The Morgan fingerprint density at radius 1 is 0.933 bits per heavy atom. The second-order valence-electron chi connectivity index (χ2n) is 8.68. The predicted molar refractivity (Wildman–Crippen MR) is 123 cm³/mol. The van der Waals surface area contributed by atoms with Gasteiger partial charge in [-0.25, -0.2) is 0 Å². The average Bonchev–Trinajstić information content (AvgIpc) is 3.40. The third kappa shape index (κ3) is 3.87. The summed E-state index contributed by atoms with van der Waals surface area (Å²) in [4.78, 5) is 27.2. The molecule has 3 aliphatic rings. The first-order chi connectivity index (χ1) is 14.7. The van der Waals surface area contributed by atoms with Gasteiger partial charge in [-0.1, -0.05) is 37.5 Å². The summed E-state index contributed by atoms with van der Waals surface area (Å²) in [6, 6.07) is 14.5. The lowest BCUT2D eigenvalue weighted by atomic mass is 9.88. The summed E-state index contributed by atoms with van der Waals surface area (Å²) in [5, 5.41) is 3.07. The largest absolute Gasteiger partial charge is 0.326 e. The minimum absolute atomic E-state index is 0.0138. The highest BCUT2D eigenvalue weighted by molar-refractivity contribution is 8.00. The molecule has 5 heteroatoms. The van der Waals surface area contributed by atoms with E-state index in [0.29, 0.717) is 5.75 Å². The molecule has 0 spiro atoms. The molecule has 2 amide bonds. The number of benzene rings is 2. The van der Waals surface area contributed by atoms with E-state index < -0.39 is 0 Å². The van der Waals surface area contributed by atoms with Crippen molar-refractivity contribution in [3.8, 4) is 0 Å². The van der Waals surface area contributed by atoms with Gasteiger partial charge in [-0.2, -0.15) is 0 Å². The number of thioether (sulfide) groups is 1. The molecular formula is C25H28N2O2S. The number of nitrogens with zero attached hydrogens (tertiary/aromatic N) is 1. The molecule has 30 heavy (non-hydrogen) atoms. The van der Waals surface area contributed by atoms with E-state index in [1.165, 1.54) is 24.0 Å². The third-order valence-corrected chi connectivity index (χ3v) is 7.88. The monoisotopic (exact) mass is 420 g/mol. The molecular weight excluding hydrogens is 392 g/mol. The van der Waals surface area contributed by atoms with Gasteiger partial charge in [0.15, 0.2) is 0 Å². The van der Waals surface area contributed by atoms with E-state index in [1.807, 2.05) is 29.2 Å². The van der Waals surface area contributed by atoms with E-state index in [-0.39, 0.29) is 23.1 Å². The van der Waals surface area contributed by atoms with Crippen LogP contribution in [-0.4, -0.2) is 17.6 Å². The highest BCUT2D eigenvalue weighted by atomic mass is 32.2. The highest BCUT2D eigenvalue weighted by Crippen LogP contribution is 2.43. The molecule has 2 aromatic rings. The van der Waals surface area contributed by atoms with Crippen LogP contribution in [0.3, 0.4) is 0 Å². The maximum absolute atomic E-state index is 12.7. The Morgan fingerprint density at radius 3 is 2.50 bits per heavy atom. The van der Waals surface area contributed by atoms with Crippen molar-refractivity contribution >= 4 is 35.0 Å². The normalized spacial score (nSPS) is 21.7. The number of amides is 2. The van der Waals surface area contributed by atoms with Crippen molar-refractivity contribution in [1.82, 2.24) is 0 Å². The van der Waals surface area contributed by atoms with E-state index in [2.05, 4.69) is 23.5 Å². The number of hydrogen-bond donors (Lipinski definition) is 1. The Labute approximate surface area is 182 Å².